The van der Waals surface area contributed by atoms with E-state index in [0.29, 0.717) is 28.6 Å². The van der Waals surface area contributed by atoms with Crippen molar-refractivity contribution in [3.05, 3.63) is 82.2 Å². The van der Waals surface area contributed by atoms with Gasteiger partial charge in [-0.2, -0.15) is 0 Å². The first-order chi connectivity index (χ1) is 15.3. The summed E-state index contributed by atoms with van der Waals surface area (Å²) in [7, 11) is 0. The highest BCUT2D eigenvalue weighted by atomic mass is 32.1. The molecule has 32 heavy (non-hydrogen) atoms. The predicted octanol–water partition coefficient (Wildman–Crippen LogP) is 5.23. The van der Waals surface area contributed by atoms with E-state index >= 15 is 0 Å². The first-order valence-electron chi connectivity index (χ1n) is 10.3. The topological polar surface area (TPSA) is 78.5 Å². The van der Waals surface area contributed by atoms with Crippen molar-refractivity contribution >= 4 is 51.7 Å². The second kappa shape index (κ2) is 8.80. The third kappa shape index (κ3) is 4.20. The van der Waals surface area contributed by atoms with Gasteiger partial charge in [0.05, 0.1) is 11.3 Å². The average Bonchev–Trinajstić information content (AvgIpc) is 3.36. The number of carbonyl (C=O) groups excluding carboxylic acids is 3. The molecule has 2 heterocycles. The van der Waals surface area contributed by atoms with Crippen molar-refractivity contribution in [1.82, 2.24) is 0 Å². The van der Waals surface area contributed by atoms with Crippen molar-refractivity contribution in [3.63, 3.8) is 0 Å². The number of imide groups is 1. The Bertz CT molecular complexity index is 1190. The molecule has 1 aliphatic rings. The van der Waals surface area contributed by atoms with E-state index in [0.717, 1.165) is 10.4 Å². The largest absolute Gasteiger partial charge is 0.350 e. The van der Waals surface area contributed by atoms with Gasteiger partial charge in [-0.05, 0) is 59.3 Å². The van der Waals surface area contributed by atoms with Gasteiger partial charge in [-0.25, -0.2) is 4.90 Å². The summed E-state index contributed by atoms with van der Waals surface area (Å²) >= 11 is 1.41. The van der Waals surface area contributed by atoms with Gasteiger partial charge < -0.3 is 10.6 Å². The molecule has 162 valence electrons. The fourth-order valence-electron chi connectivity index (χ4n) is 3.52. The maximum atomic E-state index is 13.4. The second-order valence-electron chi connectivity index (χ2n) is 7.80. The third-order valence-corrected chi connectivity index (χ3v) is 6.03. The number of hydrogen-bond donors (Lipinski definition) is 2. The van der Waals surface area contributed by atoms with Gasteiger partial charge in [0, 0.05) is 23.2 Å². The molecule has 2 aromatic carbocycles. The average molecular weight is 446 g/mol. The molecule has 3 amide bonds. The van der Waals surface area contributed by atoms with Gasteiger partial charge in [-0.1, -0.05) is 32.0 Å². The Kier molecular flexibility index (Phi) is 5.92. The van der Waals surface area contributed by atoms with Gasteiger partial charge in [0.15, 0.2) is 0 Å². The van der Waals surface area contributed by atoms with Crippen molar-refractivity contribution < 1.29 is 14.4 Å². The van der Waals surface area contributed by atoms with Crippen LogP contribution in [0.5, 0.6) is 0 Å². The number of hydrogen-bond acceptors (Lipinski definition) is 5. The normalized spacial score (nSPS) is 13.8. The zero-order valence-corrected chi connectivity index (χ0v) is 18.8. The molecule has 0 bridgehead atoms. The minimum absolute atomic E-state index is 0.163. The Morgan fingerprint density at radius 2 is 1.56 bits per heavy atom. The number of rotatable bonds is 6. The van der Waals surface area contributed by atoms with E-state index < -0.39 is 5.91 Å². The lowest BCUT2D eigenvalue weighted by atomic mass is 10.0. The van der Waals surface area contributed by atoms with Crippen LogP contribution in [-0.2, 0) is 14.4 Å². The highest BCUT2D eigenvalue weighted by molar-refractivity contribution is 7.11. The highest BCUT2D eigenvalue weighted by Crippen LogP contribution is 2.36. The molecule has 0 saturated carbocycles. The fraction of sp³-hybridized carbons (Fsp3) is 0.160. The Balaban J connectivity index is 1.68. The van der Waals surface area contributed by atoms with Crippen molar-refractivity contribution in [1.29, 1.82) is 0 Å². The molecule has 1 aliphatic heterocycles. The number of carbonyl (C=O) groups is 3. The van der Waals surface area contributed by atoms with Gasteiger partial charge in [0.25, 0.3) is 11.8 Å². The van der Waals surface area contributed by atoms with E-state index in [1.165, 1.54) is 23.2 Å². The molecule has 0 aliphatic carbocycles. The molecule has 0 atom stereocenters. The van der Waals surface area contributed by atoms with Crippen LogP contribution in [0.3, 0.4) is 0 Å². The quantitative estimate of drug-likeness (QED) is 0.510. The molecule has 0 radical (unpaired) electrons. The van der Waals surface area contributed by atoms with Gasteiger partial charge in [-0.3, -0.25) is 14.4 Å². The van der Waals surface area contributed by atoms with Crippen LogP contribution in [0.25, 0.3) is 5.57 Å². The van der Waals surface area contributed by atoms with Crippen molar-refractivity contribution in [2.24, 2.45) is 0 Å². The summed E-state index contributed by atoms with van der Waals surface area (Å²) in [6.07, 6.45) is 0. The van der Waals surface area contributed by atoms with Gasteiger partial charge in [-0.15, -0.1) is 11.3 Å². The smallest absolute Gasteiger partial charge is 0.282 e. The van der Waals surface area contributed by atoms with E-state index in [4.69, 9.17) is 0 Å². The molecule has 6 nitrogen and oxygen atoms in total. The lowest BCUT2D eigenvalue weighted by molar-refractivity contribution is -0.120. The molecule has 0 spiro atoms. The minimum Gasteiger partial charge on any atom is -0.350 e. The Morgan fingerprint density at radius 1 is 0.906 bits per heavy atom. The summed E-state index contributed by atoms with van der Waals surface area (Å²) in [5.74, 6) is -0.565. The third-order valence-electron chi connectivity index (χ3n) is 5.14. The summed E-state index contributed by atoms with van der Waals surface area (Å²) in [4.78, 5) is 39.9. The van der Waals surface area contributed by atoms with Crippen LogP contribution < -0.4 is 15.5 Å². The summed E-state index contributed by atoms with van der Waals surface area (Å²) in [5, 5.41) is 7.71. The maximum Gasteiger partial charge on any atom is 0.282 e. The summed E-state index contributed by atoms with van der Waals surface area (Å²) < 4.78 is 0. The van der Waals surface area contributed by atoms with E-state index in [2.05, 4.69) is 24.5 Å². The molecule has 7 heteroatoms. The zero-order valence-electron chi connectivity index (χ0n) is 18.0. The minimum atomic E-state index is -0.401. The number of nitrogens with zero attached hydrogens (tertiary/aromatic N) is 1. The van der Waals surface area contributed by atoms with Crippen LogP contribution in [-0.4, -0.2) is 17.7 Å². The molecule has 4 rings (SSSR count). The van der Waals surface area contributed by atoms with E-state index in [-0.39, 0.29) is 17.5 Å². The number of nitrogens with one attached hydrogen (secondary N) is 2. The van der Waals surface area contributed by atoms with Gasteiger partial charge in [0.2, 0.25) is 5.91 Å². The Hall–Kier alpha value is -3.71. The molecule has 3 aromatic rings. The molecule has 2 N–H and O–H groups in total. The molecule has 0 fully saturated rings. The lowest BCUT2D eigenvalue weighted by Crippen LogP contribution is -2.32. The second-order valence-corrected chi connectivity index (χ2v) is 8.75. The van der Waals surface area contributed by atoms with Crippen LogP contribution in [0.2, 0.25) is 0 Å². The first kappa shape index (κ1) is 21.5. The summed E-state index contributed by atoms with van der Waals surface area (Å²) in [6.45, 7) is 5.63. The van der Waals surface area contributed by atoms with Crippen molar-refractivity contribution in [3.8, 4) is 0 Å². The van der Waals surface area contributed by atoms with E-state index in [1.54, 1.807) is 24.3 Å². The number of benzene rings is 2. The van der Waals surface area contributed by atoms with Crippen LogP contribution in [0.4, 0.5) is 17.1 Å². The Labute approximate surface area is 190 Å². The van der Waals surface area contributed by atoms with Crippen molar-refractivity contribution in [2.45, 2.75) is 26.7 Å². The van der Waals surface area contributed by atoms with Crippen LogP contribution in [0, 0.1) is 0 Å². The van der Waals surface area contributed by atoms with Gasteiger partial charge in [0.1, 0.15) is 5.70 Å². The fourth-order valence-corrected chi connectivity index (χ4v) is 4.29. The predicted molar refractivity (Wildman–Crippen MR) is 129 cm³/mol. The molecule has 0 unspecified atom stereocenters. The summed E-state index contributed by atoms with van der Waals surface area (Å²) in [6, 6.07) is 18.2. The number of thiophene rings is 1. The standard InChI is InChI=1S/C25H23N3O3S/c1-15(2)17-6-12-20(13-7-17)28-24(30)22(21-5-4-14-32-21)23(25(28)31)27-19-10-8-18(9-11-19)26-16(3)29/h4-15,27H,1-3H3,(H,26,29). The molecule has 0 saturated heterocycles. The lowest BCUT2D eigenvalue weighted by Gasteiger charge is -2.16. The maximum absolute atomic E-state index is 13.4. The summed E-state index contributed by atoms with van der Waals surface area (Å²) in [5.41, 5.74) is 3.55. The SMILES string of the molecule is CC(=O)Nc1ccc(NC2=C(c3cccs3)C(=O)N(c3ccc(C(C)C)cc3)C2=O)cc1. The zero-order chi connectivity index (χ0) is 22.8. The molecular weight excluding hydrogens is 422 g/mol. The van der Waals surface area contributed by atoms with E-state index in [1.807, 2.05) is 41.8 Å². The van der Waals surface area contributed by atoms with E-state index in [9.17, 15) is 14.4 Å². The Morgan fingerprint density at radius 3 is 2.12 bits per heavy atom. The van der Waals surface area contributed by atoms with Gasteiger partial charge >= 0.3 is 0 Å². The molecular formula is C25H23N3O3S. The molecule has 1 aromatic heterocycles. The number of anilines is 3. The van der Waals surface area contributed by atoms with Crippen LogP contribution in [0.1, 0.15) is 37.1 Å². The van der Waals surface area contributed by atoms with Crippen LogP contribution in [0.15, 0.2) is 71.7 Å². The monoisotopic (exact) mass is 445 g/mol. The number of amides is 3. The first-order valence-corrected chi connectivity index (χ1v) is 11.1. The highest BCUT2D eigenvalue weighted by Gasteiger charge is 2.40. The van der Waals surface area contributed by atoms with Crippen LogP contribution >= 0.6 is 11.3 Å². The van der Waals surface area contributed by atoms with Crippen molar-refractivity contribution in [2.75, 3.05) is 15.5 Å².